The van der Waals surface area contributed by atoms with Gasteiger partial charge in [0.15, 0.2) is 0 Å². The van der Waals surface area contributed by atoms with Gasteiger partial charge in [-0.3, -0.25) is 9.36 Å². The quantitative estimate of drug-likeness (QED) is 0.329. The second kappa shape index (κ2) is 10.6. The first-order chi connectivity index (χ1) is 18.4. The standard InChI is InChI=1S/C27H18ClF2N7O/c28-21-5-3-6-22-24(21)27(38)37(19-13-16(29)12-17(30)14-19)23(36-22)9-11-33-26-20(25(31)34-15-35-26)8-7-18-4-1-2-10-32-18/h1-6,10,12-15H,9,11H2,(H3,31,33,34,35). The van der Waals surface area contributed by atoms with E-state index in [9.17, 15) is 13.6 Å². The largest absolute Gasteiger partial charge is 0.382 e. The molecule has 5 aromatic rings. The SMILES string of the molecule is Nc1ncnc(NCCc2nc3cccc(Cl)c3c(=O)n2-c2cc(F)cc(F)c2)c1C#Cc1ccccn1. The average Bonchev–Trinajstić information content (AvgIpc) is 2.88. The van der Waals surface area contributed by atoms with Crippen LogP contribution in [0.2, 0.25) is 5.02 Å². The summed E-state index contributed by atoms with van der Waals surface area (Å²) in [6.45, 7) is 0.227. The van der Waals surface area contributed by atoms with Crippen molar-refractivity contribution in [2.75, 3.05) is 17.6 Å². The number of anilines is 2. The van der Waals surface area contributed by atoms with Gasteiger partial charge in [-0.05, 0) is 42.3 Å². The molecule has 3 heterocycles. The highest BCUT2D eigenvalue weighted by atomic mass is 35.5. The highest BCUT2D eigenvalue weighted by Crippen LogP contribution is 2.22. The Morgan fingerprint density at radius 1 is 1.00 bits per heavy atom. The van der Waals surface area contributed by atoms with E-state index in [0.717, 1.165) is 22.8 Å². The van der Waals surface area contributed by atoms with Crippen LogP contribution in [0.15, 0.2) is 71.9 Å². The summed E-state index contributed by atoms with van der Waals surface area (Å²) >= 11 is 6.27. The number of nitrogens with two attached hydrogens (primary N) is 1. The summed E-state index contributed by atoms with van der Waals surface area (Å²) in [6, 6.07) is 13.1. The molecule has 0 unspecified atom stereocenters. The molecule has 3 N–H and O–H groups in total. The van der Waals surface area contributed by atoms with Gasteiger partial charge < -0.3 is 11.1 Å². The lowest BCUT2D eigenvalue weighted by atomic mass is 10.2. The minimum atomic E-state index is -0.831. The number of nitrogens with zero attached hydrogens (tertiary/aromatic N) is 5. The number of hydrogen-bond donors (Lipinski definition) is 2. The molecule has 38 heavy (non-hydrogen) atoms. The molecule has 0 fully saturated rings. The third-order valence-corrected chi connectivity index (χ3v) is 5.83. The lowest BCUT2D eigenvalue weighted by molar-refractivity contribution is 0.580. The summed E-state index contributed by atoms with van der Waals surface area (Å²) in [4.78, 5) is 30.4. The predicted octanol–water partition coefficient (Wildman–Crippen LogP) is 4.14. The number of nitrogens with one attached hydrogen (secondary N) is 1. The summed E-state index contributed by atoms with van der Waals surface area (Å²) in [6.07, 6.45) is 3.10. The van der Waals surface area contributed by atoms with Gasteiger partial charge in [0.2, 0.25) is 0 Å². The third kappa shape index (κ3) is 5.14. The van der Waals surface area contributed by atoms with E-state index in [2.05, 4.69) is 37.1 Å². The minimum absolute atomic E-state index is 0.00924. The molecule has 8 nitrogen and oxygen atoms in total. The van der Waals surface area contributed by atoms with Gasteiger partial charge in [0.25, 0.3) is 5.56 Å². The number of halogens is 3. The van der Waals surface area contributed by atoms with Crippen LogP contribution < -0.4 is 16.6 Å². The second-order valence-corrected chi connectivity index (χ2v) is 8.46. The van der Waals surface area contributed by atoms with Crippen LogP contribution >= 0.6 is 11.6 Å². The highest BCUT2D eigenvalue weighted by molar-refractivity contribution is 6.35. The predicted molar refractivity (Wildman–Crippen MR) is 141 cm³/mol. The molecule has 0 atom stereocenters. The zero-order valence-electron chi connectivity index (χ0n) is 19.6. The molecule has 2 aromatic carbocycles. The van der Waals surface area contributed by atoms with Gasteiger partial charge in [0.05, 0.1) is 21.6 Å². The third-order valence-electron chi connectivity index (χ3n) is 5.52. The van der Waals surface area contributed by atoms with E-state index < -0.39 is 17.2 Å². The number of fused-ring (bicyclic) bond motifs is 1. The van der Waals surface area contributed by atoms with Crippen molar-refractivity contribution < 1.29 is 8.78 Å². The zero-order chi connectivity index (χ0) is 26.6. The Hall–Kier alpha value is -4.88. The van der Waals surface area contributed by atoms with Crippen LogP contribution in [0, 0.1) is 23.5 Å². The number of aromatic nitrogens is 5. The Balaban J connectivity index is 1.50. The summed E-state index contributed by atoms with van der Waals surface area (Å²) in [7, 11) is 0. The Labute approximate surface area is 220 Å². The fourth-order valence-electron chi connectivity index (χ4n) is 3.85. The minimum Gasteiger partial charge on any atom is -0.382 e. The molecule has 0 spiro atoms. The van der Waals surface area contributed by atoms with Gasteiger partial charge in [0, 0.05) is 25.2 Å². The van der Waals surface area contributed by atoms with Crippen molar-refractivity contribution in [2.45, 2.75) is 6.42 Å². The van der Waals surface area contributed by atoms with E-state index in [1.54, 1.807) is 36.5 Å². The summed E-state index contributed by atoms with van der Waals surface area (Å²) < 4.78 is 29.3. The molecule has 3 aromatic heterocycles. The molecule has 0 aliphatic rings. The van der Waals surface area contributed by atoms with Crippen molar-refractivity contribution in [3.8, 4) is 17.5 Å². The molecule has 5 rings (SSSR count). The summed E-state index contributed by atoms with van der Waals surface area (Å²) in [5.74, 6) is 5.01. The van der Waals surface area contributed by atoms with E-state index in [-0.39, 0.29) is 40.7 Å². The summed E-state index contributed by atoms with van der Waals surface area (Å²) in [5, 5.41) is 3.46. The number of benzene rings is 2. The molecule has 0 amide bonds. The molecule has 0 radical (unpaired) electrons. The topological polar surface area (TPSA) is 112 Å². The summed E-state index contributed by atoms with van der Waals surface area (Å²) in [5.41, 5.74) is 6.77. The van der Waals surface area contributed by atoms with Crippen molar-refractivity contribution in [3.05, 3.63) is 111 Å². The fraction of sp³-hybridized carbons (Fsp3) is 0.0741. The van der Waals surface area contributed by atoms with Crippen molar-refractivity contribution in [1.29, 1.82) is 0 Å². The lowest BCUT2D eigenvalue weighted by Crippen LogP contribution is -2.26. The van der Waals surface area contributed by atoms with Gasteiger partial charge in [-0.15, -0.1) is 0 Å². The molecule has 0 aliphatic heterocycles. The van der Waals surface area contributed by atoms with Gasteiger partial charge in [-0.2, -0.15) is 0 Å². The van der Waals surface area contributed by atoms with E-state index in [4.69, 9.17) is 17.3 Å². The molecule has 0 saturated heterocycles. The average molecular weight is 530 g/mol. The normalized spacial score (nSPS) is 10.7. The maximum atomic E-state index is 14.1. The monoisotopic (exact) mass is 529 g/mol. The fourth-order valence-corrected chi connectivity index (χ4v) is 4.10. The lowest BCUT2D eigenvalue weighted by Gasteiger charge is -2.15. The molecular weight excluding hydrogens is 512 g/mol. The first-order valence-corrected chi connectivity index (χ1v) is 11.7. The Morgan fingerprint density at radius 2 is 1.82 bits per heavy atom. The zero-order valence-corrected chi connectivity index (χ0v) is 20.4. The first-order valence-electron chi connectivity index (χ1n) is 11.3. The van der Waals surface area contributed by atoms with Crippen LogP contribution in [0.4, 0.5) is 20.4 Å². The number of rotatable bonds is 5. The van der Waals surface area contributed by atoms with Crippen LogP contribution in [-0.2, 0) is 6.42 Å². The van der Waals surface area contributed by atoms with Crippen LogP contribution in [0.1, 0.15) is 17.1 Å². The molecular formula is C27H18ClF2N7O. The van der Waals surface area contributed by atoms with Crippen molar-refractivity contribution in [2.24, 2.45) is 0 Å². The van der Waals surface area contributed by atoms with E-state index >= 15 is 0 Å². The second-order valence-electron chi connectivity index (χ2n) is 8.05. The van der Waals surface area contributed by atoms with Crippen LogP contribution in [0.5, 0.6) is 0 Å². The van der Waals surface area contributed by atoms with Crippen molar-refractivity contribution >= 4 is 34.1 Å². The Morgan fingerprint density at radius 3 is 2.58 bits per heavy atom. The van der Waals surface area contributed by atoms with E-state index in [1.807, 2.05) is 6.07 Å². The molecule has 0 saturated carbocycles. The first kappa shape index (κ1) is 24.8. The van der Waals surface area contributed by atoms with Crippen molar-refractivity contribution in [1.82, 2.24) is 24.5 Å². The van der Waals surface area contributed by atoms with Crippen molar-refractivity contribution in [3.63, 3.8) is 0 Å². The van der Waals surface area contributed by atoms with E-state index in [0.29, 0.717) is 22.6 Å². The maximum absolute atomic E-state index is 14.1. The van der Waals surface area contributed by atoms with Crippen LogP contribution in [0.25, 0.3) is 16.6 Å². The van der Waals surface area contributed by atoms with Gasteiger partial charge >= 0.3 is 0 Å². The van der Waals surface area contributed by atoms with E-state index in [1.165, 1.54) is 6.33 Å². The number of pyridine rings is 1. The number of nitrogen functional groups attached to an aromatic ring is 1. The van der Waals surface area contributed by atoms with Gasteiger partial charge in [0.1, 0.15) is 46.7 Å². The smallest absolute Gasteiger partial charge is 0.267 e. The van der Waals surface area contributed by atoms with Gasteiger partial charge in [-0.25, -0.2) is 28.7 Å². The highest BCUT2D eigenvalue weighted by Gasteiger charge is 2.17. The molecule has 0 aliphatic carbocycles. The Bertz CT molecular complexity index is 1760. The molecule has 11 heteroatoms. The Kier molecular flexibility index (Phi) is 6.93. The van der Waals surface area contributed by atoms with Gasteiger partial charge in [-0.1, -0.05) is 29.7 Å². The molecule has 188 valence electrons. The number of hydrogen-bond acceptors (Lipinski definition) is 7. The maximum Gasteiger partial charge on any atom is 0.267 e. The van der Waals surface area contributed by atoms with Crippen LogP contribution in [-0.4, -0.2) is 31.0 Å². The molecule has 0 bridgehead atoms. The van der Waals surface area contributed by atoms with Crippen LogP contribution in [0.3, 0.4) is 0 Å².